The van der Waals surface area contributed by atoms with Crippen LogP contribution in [0, 0.1) is 6.92 Å². The Labute approximate surface area is 72.5 Å². The molecule has 0 fully saturated rings. The molecular formula is C9H14N2O. The third kappa shape index (κ3) is 2.01. The number of hydrogen-bond donors (Lipinski definition) is 1. The van der Waals surface area contributed by atoms with Crippen molar-refractivity contribution in [1.82, 2.24) is 9.97 Å². The fourth-order valence-corrected chi connectivity index (χ4v) is 1.16. The molecule has 0 saturated carbocycles. The van der Waals surface area contributed by atoms with Crippen LogP contribution in [-0.4, -0.2) is 15.1 Å². The highest BCUT2D eigenvalue weighted by atomic mass is 16.3. The SMILES string of the molecule is CCC[C@@H](O)c1cncnc1C. The summed E-state index contributed by atoms with van der Waals surface area (Å²) in [4.78, 5) is 7.89. The average molecular weight is 166 g/mol. The zero-order chi connectivity index (χ0) is 8.97. The van der Waals surface area contributed by atoms with Gasteiger partial charge in [0, 0.05) is 17.5 Å². The van der Waals surface area contributed by atoms with Gasteiger partial charge in [0.1, 0.15) is 6.33 Å². The second-order valence-corrected chi connectivity index (χ2v) is 2.87. The van der Waals surface area contributed by atoms with Crippen molar-refractivity contribution in [2.24, 2.45) is 0 Å². The zero-order valence-electron chi connectivity index (χ0n) is 7.49. The molecule has 0 aliphatic heterocycles. The first-order valence-electron chi connectivity index (χ1n) is 4.20. The molecule has 0 aromatic carbocycles. The summed E-state index contributed by atoms with van der Waals surface area (Å²) < 4.78 is 0. The molecule has 1 heterocycles. The van der Waals surface area contributed by atoms with Crippen LogP contribution in [0.25, 0.3) is 0 Å². The van der Waals surface area contributed by atoms with E-state index in [-0.39, 0.29) is 0 Å². The summed E-state index contributed by atoms with van der Waals surface area (Å²) in [6.45, 7) is 3.93. The van der Waals surface area contributed by atoms with E-state index < -0.39 is 6.10 Å². The van der Waals surface area contributed by atoms with Gasteiger partial charge >= 0.3 is 0 Å². The molecule has 0 radical (unpaired) electrons. The van der Waals surface area contributed by atoms with Gasteiger partial charge in [-0.3, -0.25) is 0 Å². The minimum atomic E-state index is -0.406. The van der Waals surface area contributed by atoms with E-state index in [1.165, 1.54) is 6.33 Å². The third-order valence-corrected chi connectivity index (χ3v) is 1.87. The van der Waals surface area contributed by atoms with E-state index in [0.29, 0.717) is 0 Å². The first-order valence-corrected chi connectivity index (χ1v) is 4.20. The number of aliphatic hydroxyl groups excluding tert-OH is 1. The third-order valence-electron chi connectivity index (χ3n) is 1.87. The largest absolute Gasteiger partial charge is 0.388 e. The van der Waals surface area contributed by atoms with Gasteiger partial charge in [-0.1, -0.05) is 13.3 Å². The van der Waals surface area contributed by atoms with Crippen molar-refractivity contribution < 1.29 is 5.11 Å². The first kappa shape index (κ1) is 9.13. The molecule has 1 atom stereocenters. The topological polar surface area (TPSA) is 46.0 Å². The number of hydrogen-bond acceptors (Lipinski definition) is 3. The summed E-state index contributed by atoms with van der Waals surface area (Å²) in [7, 11) is 0. The Morgan fingerprint density at radius 2 is 2.33 bits per heavy atom. The van der Waals surface area contributed by atoms with Crippen LogP contribution in [-0.2, 0) is 0 Å². The van der Waals surface area contributed by atoms with Gasteiger partial charge in [-0.15, -0.1) is 0 Å². The predicted molar refractivity (Wildman–Crippen MR) is 46.6 cm³/mol. The van der Waals surface area contributed by atoms with Crippen molar-refractivity contribution in [1.29, 1.82) is 0 Å². The van der Waals surface area contributed by atoms with Crippen LogP contribution in [0.5, 0.6) is 0 Å². The average Bonchev–Trinajstić information content (AvgIpc) is 2.05. The van der Waals surface area contributed by atoms with Crippen molar-refractivity contribution in [2.45, 2.75) is 32.8 Å². The maximum Gasteiger partial charge on any atom is 0.115 e. The summed E-state index contributed by atoms with van der Waals surface area (Å²) in [5, 5.41) is 9.62. The molecule has 0 unspecified atom stereocenters. The highest BCUT2D eigenvalue weighted by molar-refractivity contribution is 5.16. The molecule has 0 aliphatic carbocycles. The maximum atomic E-state index is 9.62. The molecular weight excluding hydrogens is 152 g/mol. The van der Waals surface area contributed by atoms with Crippen LogP contribution in [0.3, 0.4) is 0 Å². The highest BCUT2D eigenvalue weighted by Crippen LogP contribution is 2.18. The van der Waals surface area contributed by atoms with Crippen molar-refractivity contribution in [3.63, 3.8) is 0 Å². The van der Waals surface area contributed by atoms with Gasteiger partial charge in [0.2, 0.25) is 0 Å². The number of nitrogens with zero attached hydrogens (tertiary/aromatic N) is 2. The fraction of sp³-hybridized carbons (Fsp3) is 0.556. The van der Waals surface area contributed by atoms with E-state index >= 15 is 0 Å². The molecule has 3 nitrogen and oxygen atoms in total. The number of rotatable bonds is 3. The molecule has 0 bridgehead atoms. The van der Waals surface area contributed by atoms with E-state index in [9.17, 15) is 5.11 Å². The van der Waals surface area contributed by atoms with E-state index in [2.05, 4.69) is 9.97 Å². The smallest absolute Gasteiger partial charge is 0.115 e. The lowest BCUT2D eigenvalue weighted by atomic mass is 10.1. The quantitative estimate of drug-likeness (QED) is 0.742. The molecule has 0 amide bonds. The minimum Gasteiger partial charge on any atom is -0.388 e. The van der Waals surface area contributed by atoms with Crippen LogP contribution in [0.1, 0.15) is 37.1 Å². The van der Waals surface area contributed by atoms with E-state index in [4.69, 9.17) is 0 Å². The van der Waals surface area contributed by atoms with Gasteiger partial charge in [-0.05, 0) is 13.3 Å². The molecule has 0 spiro atoms. The summed E-state index contributed by atoms with van der Waals surface area (Å²) in [6.07, 6.45) is 4.51. The molecule has 0 saturated heterocycles. The summed E-state index contributed by atoms with van der Waals surface area (Å²) >= 11 is 0. The monoisotopic (exact) mass is 166 g/mol. The number of aryl methyl sites for hydroxylation is 1. The Morgan fingerprint density at radius 3 is 2.92 bits per heavy atom. The summed E-state index contributed by atoms with van der Waals surface area (Å²) in [5.41, 5.74) is 1.71. The van der Waals surface area contributed by atoms with Crippen LogP contribution < -0.4 is 0 Å². The Kier molecular flexibility index (Phi) is 3.17. The zero-order valence-corrected chi connectivity index (χ0v) is 7.49. The molecule has 0 aliphatic rings. The number of aliphatic hydroxyl groups is 1. The van der Waals surface area contributed by atoms with Crippen LogP contribution in [0.2, 0.25) is 0 Å². The lowest BCUT2D eigenvalue weighted by Crippen LogP contribution is -2.01. The van der Waals surface area contributed by atoms with Gasteiger partial charge < -0.3 is 5.11 Å². The van der Waals surface area contributed by atoms with Gasteiger partial charge in [0.15, 0.2) is 0 Å². The van der Waals surface area contributed by atoms with Crippen LogP contribution in [0.4, 0.5) is 0 Å². The van der Waals surface area contributed by atoms with E-state index in [1.807, 2.05) is 13.8 Å². The molecule has 1 rings (SSSR count). The summed E-state index contributed by atoms with van der Waals surface area (Å²) in [6, 6.07) is 0. The second-order valence-electron chi connectivity index (χ2n) is 2.87. The van der Waals surface area contributed by atoms with Gasteiger partial charge in [0.05, 0.1) is 6.10 Å². The molecule has 66 valence electrons. The van der Waals surface area contributed by atoms with E-state index in [1.54, 1.807) is 6.20 Å². The Bertz CT molecular complexity index is 250. The fourth-order valence-electron chi connectivity index (χ4n) is 1.16. The molecule has 1 aromatic rings. The lowest BCUT2D eigenvalue weighted by Gasteiger charge is -2.10. The standard InChI is InChI=1S/C9H14N2O/c1-3-4-9(12)8-5-10-6-11-7(8)2/h5-6,9,12H,3-4H2,1-2H3/t9-/m1/s1. The minimum absolute atomic E-state index is 0.406. The van der Waals surface area contributed by atoms with E-state index in [0.717, 1.165) is 24.1 Å². The maximum absolute atomic E-state index is 9.62. The molecule has 1 aromatic heterocycles. The van der Waals surface area contributed by atoms with Crippen molar-refractivity contribution >= 4 is 0 Å². The number of aromatic nitrogens is 2. The first-order chi connectivity index (χ1) is 5.75. The Hall–Kier alpha value is -0.960. The lowest BCUT2D eigenvalue weighted by molar-refractivity contribution is 0.165. The molecule has 3 heteroatoms. The van der Waals surface area contributed by atoms with Crippen molar-refractivity contribution in [3.8, 4) is 0 Å². The van der Waals surface area contributed by atoms with Crippen molar-refractivity contribution in [2.75, 3.05) is 0 Å². The second kappa shape index (κ2) is 4.16. The van der Waals surface area contributed by atoms with Gasteiger partial charge in [-0.25, -0.2) is 9.97 Å². The van der Waals surface area contributed by atoms with Gasteiger partial charge in [0.25, 0.3) is 0 Å². The predicted octanol–water partition coefficient (Wildman–Crippen LogP) is 1.62. The summed E-state index contributed by atoms with van der Waals surface area (Å²) in [5.74, 6) is 0. The Morgan fingerprint density at radius 1 is 1.58 bits per heavy atom. The highest BCUT2D eigenvalue weighted by Gasteiger charge is 2.09. The molecule has 12 heavy (non-hydrogen) atoms. The normalized spacial score (nSPS) is 12.9. The van der Waals surface area contributed by atoms with Crippen molar-refractivity contribution in [3.05, 3.63) is 23.8 Å². The molecule has 1 N–H and O–H groups in total. The van der Waals surface area contributed by atoms with Gasteiger partial charge in [-0.2, -0.15) is 0 Å². The van der Waals surface area contributed by atoms with Crippen LogP contribution in [0.15, 0.2) is 12.5 Å². The Balaban J connectivity index is 2.79. The van der Waals surface area contributed by atoms with Crippen LogP contribution >= 0.6 is 0 Å².